The minimum atomic E-state index is -1.03. The fraction of sp³-hybridized carbons (Fsp3) is 0.471. The molecule has 0 aliphatic heterocycles. The van der Waals surface area contributed by atoms with Crippen molar-refractivity contribution in [3.05, 3.63) is 35.9 Å². The predicted octanol–water partition coefficient (Wildman–Crippen LogP) is 2.48. The van der Waals surface area contributed by atoms with Crippen molar-refractivity contribution >= 4 is 17.5 Å². The Morgan fingerprint density at radius 1 is 1.05 bits per heavy atom. The van der Waals surface area contributed by atoms with Gasteiger partial charge >= 0.3 is 5.97 Å². The predicted molar refractivity (Wildman–Crippen MR) is 81.3 cm³/mol. The van der Waals surface area contributed by atoms with Crippen LogP contribution in [0.1, 0.15) is 32.3 Å². The molecule has 5 nitrogen and oxygen atoms in total. The van der Waals surface area contributed by atoms with Crippen LogP contribution >= 0.6 is 0 Å². The Bertz CT molecular complexity index is 509. The molecule has 0 aliphatic carbocycles. The van der Waals surface area contributed by atoms with Crippen LogP contribution in [-0.2, 0) is 25.7 Å². The normalized spacial score (nSPS) is 13.4. The number of hydrogen-bond acceptors (Lipinski definition) is 4. The van der Waals surface area contributed by atoms with Crippen molar-refractivity contribution in [3.8, 4) is 0 Å². The topological polar surface area (TPSA) is 80.7 Å². The zero-order chi connectivity index (χ0) is 16.5. The fourth-order valence-electron chi connectivity index (χ4n) is 2.19. The van der Waals surface area contributed by atoms with Gasteiger partial charge in [0.1, 0.15) is 11.6 Å². The van der Waals surface area contributed by atoms with Crippen LogP contribution in [0, 0.1) is 11.8 Å². The van der Waals surface area contributed by atoms with E-state index in [9.17, 15) is 14.4 Å². The number of rotatable bonds is 10. The lowest BCUT2D eigenvalue weighted by atomic mass is 9.88. The zero-order valence-electron chi connectivity index (χ0n) is 13.0. The van der Waals surface area contributed by atoms with Crippen LogP contribution in [0.15, 0.2) is 30.3 Å². The van der Waals surface area contributed by atoms with Gasteiger partial charge in [-0.05, 0) is 25.8 Å². The molecule has 1 aromatic carbocycles. The number of carboxylic acids is 1. The van der Waals surface area contributed by atoms with E-state index in [4.69, 9.17) is 9.84 Å². The molecule has 0 saturated heterocycles. The standard InChI is InChI=1S/C17H22O5/c1-12(18)15(9-17(20)21)8-16(13(2)19)11-22-10-14-6-4-3-5-7-14/h3-7,15-16H,8-11H2,1-2H3,(H,20,21). The summed E-state index contributed by atoms with van der Waals surface area (Å²) in [6.07, 6.45) is -0.0381. The van der Waals surface area contributed by atoms with Gasteiger partial charge in [0.15, 0.2) is 0 Å². The second-order valence-electron chi connectivity index (χ2n) is 5.45. The molecule has 120 valence electrons. The SMILES string of the molecule is CC(=O)C(COCc1ccccc1)CC(CC(=O)O)C(C)=O. The van der Waals surface area contributed by atoms with Crippen LogP contribution < -0.4 is 0 Å². The monoisotopic (exact) mass is 306 g/mol. The molecule has 1 aromatic rings. The lowest BCUT2D eigenvalue weighted by Gasteiger charge is -2.19. The highest BCUT2D eigenvalue weighted by atomic mass is 16.5. The summed E-state index contributed by atoms with van der Waals surface area (Å²) >= 11 is 0. The molecular weight excluding hydrogens is 284 g/mol. The Balaban J connectivity index is 2.55. The molecule has 1 rings (SSSR count). The van der Waals surface area contributed by atoms with Crippen LogP contribution in [0.4, 0.5) is 0 Å². The Labute approximate surface area is 130 Å². The van der Waals surface area contributed by atoms with Crippen molar-refractivity contribution in [3.63, 3.8) is 0 Å². The minimum absolute atomic E-state index is 0.0929. The summed E-state index contributed by atoms with van der Waals surface area (Å²) < 4.78 is 5.55. The number of Topliss-reactive ketones (excluding diaryl/α,β-unsaturated/α-hetero) is 2. The summed E-state index contributed by atoms with van der Waals surface area (Å²) in [5.74, 6) is -2.45. The van der Waals surface area contributed by atoms with Crippen molar-refractivity contribution in [1.82, 2.24) is 0 Å². The molecule has 0 aliphatic rings. The third-order valence-electron chi connectivity index (χ3n) is 3.57. The van der Waals surface area contributed by atoms with E-state index in [2.05, 4.69) is 0 Å². The van der Waals surface area contributed by atoms with E-state index in [1.54, 1.807) is 0 Å². The van der Waals surface area contributed by atoms with Crippen LogP contribution in [0.25, 0.3) is 0 Å². The van der Waals surface area contributed by atoms with Crippen molar-refractivity contribution in [1.29, 1.82) is 0 Å². The first-order valence-electron chi connectivity index (χ1n) is 7.24. The highest BCUT2D eigenvalue weighted by Crippen LogP contribution is 2.19. The molecule has 2 unspecified atom stereocenters. The van der Waals surface area contributed by atoms with Crippen molar-refractivity contribution in [2.75, 3.05) is 6.61 Å². The number of ketones is 2. The number of aliphatic carboxylic acids is 1. The van der Waals surface area contributed by atoms with Crippen molar-refractivity contribution in [2.45, 2.75) is 33.3 Å². The number of hydrogen-bond donors (Lipinski definition) is 1. The Hall–Kier alpha value is -2.01. The number of carboxylic acid groups (broad SMARTS) is 1. The van der Waals surface area contributed by atoms with E-state index >= 15 is 0 Å². The lowest BCUT2D eigenvalue weighted by molar-refractivity contribution is -0.141. The molecule has 5 heteroatoms. The third kappa shape index (κ3) is 6.63. The maximum atomic E-state index is 11.7. The summed E-state index contributed by atoms with van der Waals surface area (Å²) in [7, 11) is 0. The number of carbonyl (C=O) groups is 3. The second-order valence-corrected chi connectivity index (χ2v) is 5.45. The summed E-state index contributed by atoms with van der Waals surface area (Å²) in [6, 6.07) is 9.56. The van der Waals surface area contributed by atoms with Gasteiger partial charge in [-0.3, -0.25) is 14.4 Å². The molecule has 2 atom stereocenters. The van der Waals surface area contributed by atoms with Gasteiger partial charge in [0.25, 0.3) is 0 Å². The average Bonchev–Trinajstić information content (AvgIpc) is 2.45. The van der Waals surface area contributed by atoms with E-state index in [1.165, 1.54) is 13.8 Å². The van der Waals surface area contributed by atoms with Crippen LogP contribution in [0.3, 0.4) is 0 Å². The summed E-state index contributed by atoms with van der Waals surface area (Å²) in [5.41, 5.74) is 0.999. The van der Waals surface area contributed by atoms with Crippen molar-refractivity contribution in [2.24, 2.45) is 11.8 Å². The molecule has 0 aromatic heterocycles. The molecule has 1 N–H and O–H groups in total. The smallest absolute Gasteiger partial charge is 0.304 e. The molecule has 0 heterocycles. The van der Waals surface area contributed by atoms with E-state index in [0.717, 1.165) is 5.56 Å². The molecule has 0 saturated carbocycles. The Kier molecular flexibility index (Phi) is 7.46. The van der Waals surface area contributed by atoms with E-state index in [1.807, 2.05) is 30.3 Å². The summed E-state index contributed by atoms with van der Waals surface area (Å²) in [5, 5.41) is 8.84. The fourth-order valence-corrected chi connectivity index (χ4v) is 2.19. The van der Waals surface area contributed by atoms with Gasteiger partial charge in [0.2, 0.25) is 0 Å². The Morgan fingerprint density at radius 2 is 1.64 bits per heavy atom. The van der Waals surface area contributed by atoms with Crippen molar-refractivity contribution < 1.29 is 24.2 Å². The minimum Gasteiger partial charge on any atom is -0.481 e. The molecule has 0 fully saturated rings. The second kappa shape index (κ2) is 9.10. The Morgan fingerprint density at radius 3 is 2.14 bits per heavy atom. The van der Waals surface area contributed by atoms with E-state index in [0.29, 0.717) is 6.61 Å². The molecular formula is C17H22O5. The summed E-state index contributed by atoms with van der Waals surface area (Å²) in [4.78, 5) is 34.0. The van der Waals surface area contributed by atoms with Gasteiger partial charge in [-0.1, -0.05) is 30.3 Å². The van der Waals surface area contributed by atoms with Gasteiger partial charge in [-0.2, -0.15) is 0 Å². The lowest BCUT2D eigenvalue weighted by Crippen LogP contribution is -2.26. The van der Waals surface area contributed by atoms with Gasteiger partial charge in [-0.25, -0.2) is 0 Å². The highest BCUT2D eigenvalue weighted by molar-refractivity contribution is 5.84. The van der Waals surface area contributed by atoms with Crippen LogP contribution in [-0.4, -0.2) is 29.2 Å². The summed E-state index contributed by atoms with van der Waals surface area (Å²) in [6.45, 7) is 3.37. The van der Waals surface area contributed by atoms with Gasteiger partial charge in [0, 0.05) is 11.8 Å². The van der Waals surface area contributed by atoms with E-state index in [-0.39, 0.29) is 31.0 Å². The van der Waals surface area contributed by atoms with Gasteiger partial charge < -0.3 is 9.84 Å². The van der Waals surface area contributed by atoms with Crippen LogP contribution in [0.5, 0.6) is 0 Å². The molecule has 0 bridgehead atoms. The number of ether oxygens (including phenoxy) is 1. The van der Waals surface area contributed by atoms with Gasteiger partial charge in [-0.15, -0.1) is 0 Å². The number of benzene rings is 1. The highest BCUT2D eigenvalue weighted by Gasteiger charge is 2.25. The maximum absolute atomic E-state index is 11.7. The first kappa shape index (κ1) is 18.0. The first-order valence-corrected chi connectivity index (χ1v) is 7.24. The first-order chi connectivity index (χ1) is 10.4. The number of carbonyl (C=O) groups excluding carboxylic acids is 2. The quantitative estimate of drug-likeness (QED) is 0.718. The third-order valence-corrected chi connectivity index (χ3v) is 3.57. The molecule has 0 amide bonds. The maximum Gasteiger partial charge on any atom is 0.304 e. The van der Waals surface area contributed by atoms with Gasteiger partial charge in [0.05, 0.1) is 19.6 Å². The molecule has 0 radical (unpaired) electrons. The largest absolute Gasteiger partial charge is 0.481 e. The van der Waals surface area contributed by atoms with Crippen LogP contribution in [0.2, 0.25) is 0 Å². The average molecular weight is 306 g/mol. The van der Waals surface area contributed by atoms with E-state index < -0.39 is 17.8 Å². The molecule has 0 spiro atoms. The molecule has 22 heavy (non-hydrogen) atoms. The zero-order valence-corrected chi connectivity index (χ0v) is 13.0.